The Labute approximate surface area is 97.6 Å². The molecule has 0 radical (unpaired) electrons. The van der Waals surface area contributed by atoms with Crippen LogP contribution in [0.1, 0.15) is 18.9 Å². The molecule has 0 saturated heterocycles. The summed E-state index contributed by atoms with van der Waals surface area (Å²) in [6.07, 6.45) is 0.341. The second-order valence-electron chi connectivity index (χ2n) is 3.43. The van der Waals surface area contributed by atoms with Gasteiger partial charge in [-0.05, 0) is 24.6 Å². The molecule has 0 aliphatic rings. The number of aliphatic hydroxyl groups excluding tert-OH is 1. The summed E-state index contributed by atoms with van der Waals surface area (Å²) in [5, 5.41) is 12.3. The van der Waals surface area contributed by atoms with Gasteiger partial charge in [0.1, 0.15) is 5.82 Å². The molecule has 84 valence electrons. The molecule has 15 heavy (non-hydrogen) atoms. The van der Waals surface area contributed by atoms with Crippen LogP contribution in [0.25, 0.3) is 0 Å². The Morgan fingerprint density at radius 3 is 2.93 bits per heavy atom. The molecule has 1 aromatic rings. The average molecular weight is 276 g/mol. The Hall–Kier alpha value is -0.450. The van der Waals surface area contributed by atoms with E-state index in [-0.39, 0.29) is 11.9 Å². The van der Waals surface area contributed by atoms with Crippen LogP contribution < -0.4 is 5.32 Å². The zero-order valence-corrected chi connectivity index (χ0v) is 10.2. The van der Waals surface area contributed by atoms with Crippen LogP contribution in [0, 0.1) is 5.82 Å². The van der Waals surface area contributed by atoms with Gasteiger partial charge in [0.2, 0.25) is 0 Å². The molecule has 1 unspecified atom stereocenters. The standard InChI is InChI=1S/C11H15BrFNO/c1-2-10(15)7-14-6-8-5-9(12)3-4-11(8)13/h3-5,10,14-15H,2,6-7H2,1H3. The first-order valence-corrected chi connectivity index (χ1v) is 5.75. The normalized spacial score (nSPS) is 12.8. The number of hydrogen-bond acceptors (Lipinski definition) is 2. The maximum absolute atomic E-state index is 13.3. The molecular weight excluding hydrogens is 261 g/mol. The predicted molar refractivity (Wildman–Crippen MR) is 62.1 cm³/mol. The molecule has 0 amide bonds. The number of benzene rings is 1. The fourth-order valence-electron chi connectivity index (χ4n) is 1.20. The minimum absolute atomic E-state index is 0.225. The molecule has 4 heteroatoms. The Balaban J connectivity index is 2.46. The van der Waals surface area contributed by atoms with E-state index in [0.29, 0.717) is 25.1 Å². The van der Waals surface area contributed by atoms with E-state index in [1.165, 1.54) is 6.07 Å². The van der Waals surface area contributed by atoms with Crippen molar-refractivity contribution >= 4 is 15.9 Å². The number of halogens is 2. The lowest BCUT2D eigenvalue weighted by Crippen LogP contribution is -2.26. The van der Waals surface area contributed by atoms with Crippen molar-refractivity contribution in [3.05, 3.63) is 34.1 Å². The number of rotatable bonds is 5. The average Bonchev–Trinajstić information content (AvgIpc) is 2.23. The number of hydrogen-bond donors (Lipinski definition) is 2. The van der Waals surface area contributed by atoms with Crippen molar-refractivity contribution in [1.29, 1.82) is 0 Å². The van der Waals surface area contributed by atoms with Crippen molar-refractivity contribution in [3.63, 3.8) is 0 Å². The van der Waals surface area contributed by atoms with Crippen LogP contribution in [0.15, 0.2) is 22.7 Å². The van der Waals surface area contributed by atoms with E-state index in [1.54, 1.807) is 12.1 Å². The van der Waals surface area contributed by atoms with Gasteiger partial charge in [0.15, 0.2) is 0 Å². The van der Waals surface area contributed by atoms with E-state index >= 15 is 0 Å². The molecule has 0 heterocycles. The van der Waals surface area contributed by atoms with Gasteiger partial charge in [-0.3, -0.25) is 0 Å². The lowest BCUT2D eigenvalue weighted by Gasteiger charge is -2.10. The summed E-state index contributed by atoms with van der Waals surface area (Å²) in [7, 11) is 0. The van der Waals surface area contributed by atoms with Crippen LogP contribution >= 0.6 is 15.9 Å². The molecular formula is C11H15BrFNO. The summed E-state index contributed by atoms with van der Waals surface area (Å²) in [4.78, 5) is 0. The molecule has 0 aliphatic heterocycles. The third kappa shape index (κ3) is 4.28. The van der Waals surface area contributed by atoms with Crippen LogP contribution in [-0.4, -0.2) is 17.8 Å². The molecule has 0 fully saturated rings. The topological polar surface area (TPSA) is 32.3 Å². The monoisotopic (exact) mass is 275 g/mol. The molecule has 1 rings (SSSR count). The van der Waals surface area contributed by atoms with Crippen molar-refractivity contribution in [2.45, 2.75) is 26.0 Å². The van der Waals surface area contributed by atoms with Crippen LogP contribution in [0.4, 0.5) is 4.39 Å². The lowest BCUT2D eigenvalue weighted by molar-refractivity contribution is 0.167. The molecule has 1 atom stereocenters. The van der Waals surface area contributed by atoms with E-state index in [2.05, 4.69) is 21.2 Å². The highest BCUT2D eigenvalue weighted by molar-refractivity contribution is 9.10. The van der Waals surface area contributed by atoms with Gasteiger partial charge >= 0.3 is 0 Å². The second-order valence-corrected chi connectivity index (χ2v) is 4.34. The first-order chi connectivity index (χ1) is 7.13. The van der Waals surface area contributed by atoms with Gasteiger partial charge in [0, 0.05) is 23.1 Å². The largest absolute Gasteiger partial charge is 0.392 e. The molecule has 0 bridgehead atoms. The Kier molecular flexibility index (Phi) is 5.22. The van der Waals surface area contributed by atoms with Gasteiger partial charge < -0.3 is 10.4 Å². The van der Waals surface area contributed by atoms with E-state index in [9.17, 15) is 9.50 Å². The highest BCUT2D eigenvalue weighted by Crippen LogP contribution is 2.15. The summed E-state index contributed by atoms with van der Waals surface area (Å²) in [5.41, 5.74) is 0.604. The van der Waals surface area contributed by atoms with Crippen LogP contribution in [0.3, 0.4) is 0 Å². The van der Waals surface area contributed by atoms with E-state index in [4.69, 9.17) is 0 Å². The maximum Gasteiger partial charge on any atom is 0.127 e. The summed E-state index contributed by atoms with van der Waals surface area (Å²) >= 11 is 3.29. The van der Waals surface area contributed by atoms with Crippen molar-refractivity contribution in [3.8, 4) is 0 Å². The molecule has 0 spiro atoms. The Morgan fingerprint density at radius 2 is 2.27 bits per heavy atom. The fourth-order valence-corrected chi connectivity index (χ4v) is 1.61. The highest BCUT2D eigenvalue weighted by Gasteiger charge is 2.04. The first kappa shape index (κ1) is 12.6. The zero-order valence-electron chi connectivity index (χ0n) is 8.63. The van der Waals surface area contributed by atoms with Gasteiger partial charge in [0.25, 0.3) is 0 Å². The molecule has 1 aromatic carbocycles. The Bertz CT molecular complexity index is 319. The summed E-state index contributed by atoms with van der Waals surface area (Å²) < 4.78 is 14.1. The maximum atomic E-state index is 13.3. The van der Waals surface area contributed by atoms with Crippen molar-refractivity contribution in [2.24, 2.45) is 0 Å². The van der Waals surface area contributed by atoms with Crippen molar-refractivity contribution < 1.29 is 9.50 Å². The lowest BCUT2D eigenvalue weighted by atomic mass is 10.2. The third-order valence-corrected chi connectivity index (χ3v) is 2.67. The van der Waals surface area contributed by atoms with Gasteiger partial charge in [0.05, 0.1) is 6.10 Å². The van der Waals surface area contributed by atoms with Crippen LogP contribution in [0.5, 0.6) is 0 Å². The fraction of sp³-hybridized carbons (Fsp3) is 0.455. The molecule has 0 aliphatic carbocycles. The van der Waals surface area contributed by atoms with E-state index < -0.39 is 0 Å². The van der Waals surface area contributed by atoms with Crippen molar-refractivity contribution in [2.75, 3.05) is 6.54 Å². The second kappa shape index (κ2) is 6.20. The minimum Gasteiger partial charge on any atom is -0.392 e. The molecule has 0 saturated carbocycles. The van der Waals surface area contributed by atoms with Gasteiger partial charge in [-0.15, -0.1) is 0 Å². The summed E-state index contributed by atoms with van der Waals surface area (Å²) in [5.74, 6) is -0.225. The minimum atomic E-state index is -0.361. The number of nitrogens with one attached hydrogen (secondary N) is 1. The summed E-state index contributed by atoms with van der Waals surface area (Å²) in [6.45, 7) is 2.83. The van der Waals surface area contributed by atoms with Gasteiger partial charge in [-0.2, -0.15) is 0 Å². The van der Waals surface area contributed by atoms with E-state index in [1.807, 2.05) is 6.92 Å². The third-order valence-electron chi connectivity index (χ3n) is 2.17. The molecule has 2 N–H and O–H groups in total. The smallest absolute Gasteiger partial charge is 0.127 e. The first-order valence-electron chi connectivity index (χ1n) is 4.96. The van der Waals surface area contributed by atoms with E-state index in [0.717, 1.165) is 4.47 Å². The van der Waals surface area contributed by atoms with Crippen molar-refractivity contribution in [1.82, 2.24) is 5.32 Å². The SMILES string of the molecule is CCC(O)CNCc1cc(Br)ccc1F. The Morgan fingerprint density at radius 1 is 1.53 bits per heavy atom. The predicted octanol–water partition coefficient (Wildman–Crippen LogP) is 2.45. The summed E-state index contributed by atoms with van der Waals surface area (Å²) in [6, 6.07) is 4.83. The molecule has 2 nitrogen and oxygen atoms in total. The molecule has 0 aromatic heterocycles. The van der Waals surface area contributed by atoms with Crippen LogP contribution in [0.2, 0.25) is 0 Å². The number of aliphatic hydroxyl groups is 1. The zero-order chi connectivity index (χ0) is 11.3. The van der Waals surface area contributed by atoms with Gasteiger partial charge in [-0.1, -0.05) is 22.9 Å². The quantitative estimate of drug-likeness (QED) is 0.865. The van der Waals surface area contributed by atoms with Crippen LogP contribution in [-0.2, 0) is 6.54 Å². The van der Waals surface area contributed by atoms with Gasteiger partial charge in [-0.25, -0.2) is 4.39 Å². The highest BCUT2D eigenvalue weighted by atomic mass is 79.9.